The first-order valence-electron chi connectivity index (χ1n) is 7.56. The van der Waals surface area contributed by atoms with Crippen LogP contribution in [0.3, 0.4) is 0 Å². The van der Waals surface area contributed by atoms with Gasteiger partial charge in [-0.25, -0.2) is 0 Å². The first-order valence-corrected chi connectivity index (χ1v) is 7.56. The molecule has 0 saturated carbocycles. The zero-order chi connectivity index (χ0) is 16.7. The summed E-state index contributed by atoms with van der Waals surface area (Å²) in [5.74, 6) is -0.619. The van der Waals surface area contributed by atoms with Crippen molar-refractivity contribution in [3.8, 4) is 0 Å². The highest BCUT2D eigenvalue weighted by molar-refractivity contribution is 6.00. The van der Waals surface area contributed by atoms with Gasteiger partial charge in [-0.3, -0.25) is 9.59 Å². The molecular weight excluding hydrogens is 288 g/mol. The van der Waals surface area contributed by atoms with E-state index in [4.69, 9.17) is 4.74 Å². The van der Waals surface area contributed by atoms with Crippen LogP contribution in [-0.4, -0.2) is 11.8 Å². The fourth-order valence-corrected chi connectivity index (χ4v) is 2.16. The molecule has 0 aliphatic heterocycles. The minimum atomic E-state index is -0.920. The molecule has 2 aromatic carbocycles. The molecule has 0 aliphatic rings. The van der Waals surface area contributed by atoms with Crippen molar-refractivity contribution >= 4 is 11.8 Å². The van der Waals surface area contributed by atoms with Crippen LogP contribution in [0.5, 0.6) is 0 Å². The monoisotopic (exact) mass is 308 g/mol. The number of esters is 1. The molecule has 0 amide bonds. The SMILES string of the molecule is C=C(C)CCC(=O)OC(C(=O)c1ccccc1)c1ccccc1. The number of carbonyl (C=O) groups is 2. The number of benzene rings is 2. The first kappa shape index (κ1) is 16.7. The van der Waals surface area contributed by atoms with E-state index in [0.29, 0.717) is 17.5 Å². The fraction of sp³-hybridized carbons (Fsp3) is 0.200. The van der Waals surface area contributed by atoms with E-state index in [1.807, 2.05) is 31.2 Å². The molecule has 0 fully saturated rings. The fourth-order valence-electron chi connectivity index (χ4n) is 2.16. The summed E-state index contributed by atoms with van der Waals surface area (Å²) in [6, 6.07) is 17.9. The number of rotatable bonds is 7. The quantitative estimate of drug-likeness (QED) is 0.429. The standard InChI is InChI=1S/C20H20O3/c1-15(2)13-14-18(21)23-20(17-11-7-4-8-12-17)19(22)16-9-5-3-6-10-16/h3-12,20H,1,13-14H2,2H3. The normalized spacial score (nSPS) is 11.5. The van der Waals surface area contributed by atoms with Crippen molar-refractivity contribution in [3.63, 3.8) is 0 Å². The van der Waals surface area contributed by atoms with Crippen LogP contribution < -0.4 is 0 Å². The highest BCUT2D eigenvalue weighted by Crippen LogP contribution is 2.23. The lowest BCUT2D eigenvalue weighted by molar-refractivity contribution is -0.147. The second-order valence-electron chi connectivity index (χ2n) is 5.47. The molecule has 1 atom stereocenters. The van der Waals surface area contributed by atoms with Crippen LogP contribution in [0.2, 0.25) is 0 Å². The molecule has 1 unspecified atom stereocenters. The molecule has 3 heteroatoms. The summed E-state index contributed by atoms with van der Waals surface area (Å²) in [5.41, 5.74) is 2.10. The summed E-state index contributed by atoms with van der Waals surface area (Å²) < 4.78 is 5.47. The molecule has 0 saturated heterocycles. The summed E-state index contributed by atoms with van der Waals surface area (Å²) >= 11 is 0. The number of allylic oxidation sites excluding steroid dienone is 1. The van der Waals surface area contributed by atoms with E-state index in [0.717, 1.165) is 5.57 Å². The van der Waals surface area contributed by atoms with Crippen molar-refractivity contribution in [2.45, 2.75) is 25.9 Å². The molecule has 0 spiro atoms. The minimum Gasteiger partial charge on any atom is -0.449 e. The Morgan fingerprint density at radius 1 is 0.957 bits per heavy atom. The summed E-state index contributed by atoms with van der Waals surface area (Å²) in [5, 5.41) is 0. The second-order valence-corrected chi connectivity index (χ2v) is 5.47. The Bertz CT molecular complexity index is 675. The van der Waals surface area contributed by atoms with Gasteiger partial charge in [0.15, 0.2) is 6.10 Å². The van der Waals surface area contributed by atoms with Gasteiger partial charge in [0.25, 0.3) is 0 Å². The molecule has 118 valence electrons. The van der Waals surface area contributed by atoms with Crippen LogP contribution in [0.15, 0.2) is 72.8 Å². The Balaban J connectivity index is 2.21. The molecule has 0 aliphatic carbocycles. The zero-order valence-electron chi connectivity index (χ0n) is 13.2. The third kappa shape index (κ3) is 4.92. The van der Waals surface area contributed by atoms with E-state index >= 15 is 0 Å². The van der Waals surface area contributed by atoms with E-state index < -0.39 is 12.1 Å². The number of hydrogen-bond acceptors (Lipinski definition) is 3. The van der Waals surface area contributed by atoms with Crippen molar-refractivity contribution in [1.82, 2.24) is 0 Å². The van der Waals surface area contributed by atoms with E-state index in [1.54, 1.807) is 36.4 Å². The summed E-state index contributed by atoms with van der Waals surface area (Å²) in [6.45, 7) is 5.63. The van der Waals surface area contributed by atoms with Gasteiger partial charge >= 0.3 is 5.97 Å². The van der Waals surface area contributed by atoms with Crippen LogP contribution in [0, 0.1) is 0 Å². The molecule has 0 bridgehead atoms. The van der Waals surface area contributed by atoms with Gasteiger partial charge in [-0.2, -0.15) is 0 Å². The van der Waals surface area contributed by atoms with Crippen LogP contribution in [-0.2, 0) is 9.53 Å². The molecule has 23 heavy (non-hydrogen) atoms. The van der Waals surface area contributed by atoms with Gasteiger partial charge in [0.05, 0.1) is 0 Å². The number of ether oxygens (including phenoxy) is 1. The van der Waals surface area contributed by atoms with Gasteiger partial charge in [-0.15, -0.1) is 6.58 Å². The molecule has 0 heterocycles. The molecule has 2 rings (SSSR count). The largest absolute Gasteiger partial charge is 0.449 e. The second kappa shape index (κ2) is 8.08. The van der Waals surface area contributed by atoms with Crippen molar-refractivity contribution < 1.29 is 14.3 Å². The highest BCUT2D eigenvalue weighted by Gasteiger charge is 2.25. The Morgan fingerprint density at radius 3 is 2.09 bits per heavy atom. The average Bonchev–Trinajstić information content (AvgIpc) is 2.59. The van der Waals surface area contributed by atoms with Gasteiger partial charge in [-0.05, 0) is 13.3 Å². The number of hydrogen-bond donors (Lipinski definition) is 0. The van der Waals surface area contributed by atoms with Crippen molar-refractivity contribution in [2.75, 3.05) is 0 Å². The van der Waals surface area contributed by atoms with Crippen LogP contribution in [0.1, 0.15) is 41.8 Å². The Hall–Kier alpha value is -2.68. The molecular formula is C20H20O3. The lowest BCUT2D eigenvalue weighted by atomic mass is 10.00. The Labute approximate surface area is 136 Å². The summed E-state index contributed by atoms with van der Waals surface area (Å²) in [4.78, 5) is 24.8. The number of carbonyl (C=O) groups excluding carboxylic acids is 2. The highest BCUT2D eigenvalue weighted by atomic mass is 16.5. The predicted octanol–water partition coefficient (Wildman–Crippen LogP) is 4.51. The smallest absolute Gasteiger partial charge is 0.307 e. The Kier molecular flexibility index (Phi) is 5.87. The maximum atomic E-state index is 12.7. The maximum absolute atomic E-state index is 12.7. The van der Waals surface area contributed by atoms with Gasteiger partial charge < -0.3 is 4.74 Å². The first-order chi connectivity index (χ1) is 11.1. The van der Waals surface area contributed by atoms with Crippen molar-refractivity contribution in [3.05, 3.63) is 83.9 Å². The Morgan fingerprint density at radius 2 is 1.52 bits per heavy atom. The number of ketones is 1. The molecule has 2 aromatic rings. The third-order valence-electron chi connectivity index (χ3n) is 3.40. The molecule has 0 radical (unpaired) electrons. The minimum absolute atomic E-state index is 0.222. The summed E-state index contributed by atoms with van der Waals surface area (Å²) in [6.07, 6.45) is -0.142. The van der Waals surface area contributed by atoms with Gasteiger partial charge in [0, 0.05) is 17.5 Å². The topological polar surface area (TPSA) is 43.4 Å². The lowest BCUT2D eigenvalue weighted by Crippen LogP contribution is -2.20. The third-order valence-corrected chi connectivity index (χ3v) is 3.40. The van der Waals surface area contributed by atoms with Crippen molar-refractivity contribution in [2.24, 2.45) is 0 Å². The van der Waals surface area contributed by atoms with Crippen LogP contribution >= 0.6 is 0 Å². The van der Waals surface area contributed by atoms with E-state index in [2.05, 4.69) is 6.58 Å². The zero-order valence-corrected chi connectivity index (χ0v) is 13.2. The maximum Gasteiger partial charge on any atom is 0.307 e. The molecule has 0 aromatic heterocycles. The predicted molar refractivity (Wildman–Crippen MR) is 90.1 cm³/mol. The average molecular weight is 308 g/mol. The van der Waals surface area contributed by atoms with E-state index in [9.17, 15) is 9.59 Å². The van der Waals surface area contributed by atoms with Gasteiger partial charge in [0.2, 0.25) is 5.78 Å². The van der Waals surface area contributed by atoms with E-state index in [-0.39, 0.29) is 12.2 Å². The van der Waals surface area contributed by atoms with Gasteiger partial charge in [0.1, 0.15) is 0 Å². The van der Waals surface area contributed by atoms with E-state index in [1.165, 1.54) is 0 Å². The number of Topliss-reactive ketones (excluding diaryl/α,β-unsaturated/α-hetero) is 1. The lowest BCUT2D eigenvalue weighted by Gasteiger charge is -2.17. The summed E-state index contributed by atoms with van der Waals surface area (Å²) in [7, 11) is 0. The van der Waals surface area contributed by atoms with Crippen LogP contribution in [0.4, 0.5) is 0 Å². The van der Waals surface area contributed by atoms with Gasteiger partial charge in [-0.1, -0.05) is 66.2 Å². The molecule has 3 nitrogen and oxygen atoms in total. The molecule has 0 N–H and O–H groups in total. The van der Waals surface area contributed by atoms with Crippen LogP contribution in [0.25, 0.3) is 0 Å². The van der Waals surface area contributed by atoms with Crippen molar-refractivity contribution in [1.29, 1.82) is 0 Å².